The summed E-state index contributed by atoms with van der Waals surface area (Å²) in [5, 5.41) is 11.5. The van der Waals surface area contributed by atoms with E-state index in [0.717, 1.165) is 31.6 Å². The van der Waals surface area contributed by atoms with Gasteiger partial charge < -0.3 is 14.6 Å². The standard InChI is InChI=1S/C14H20N4O/c1-18(2)11-10-15-9-8-13-16-17-14(19-13)12-6-4-3-5-7-12/h3-7,15H,8-11H2,1-2H3. The molecule has 0 saturated carbocycles. The highest BCUT2D eigenvalue weighted by atomic mass is 16.4. The van der Waals surface area contributed by atoms with E-state index in [9.17, 15) is 0 Å². The maximum absolute atomic E-state index is 5.62. The number of nitrogens with zero attached hydrogens (tertiary/aromatic N) is 3. The third-order valence-corrected chi connectivity index (χ3v) is 2.74. The van der Waals surface area contributed by atoms with Gasteiger partial charge >= 0.3 is 0 Å². The summed E-state index contributed by atoms with van der Waals surface area (Å²) in [5.74, 6) is 1.26. The molecule has 1 N–H and O–H groups in total. The van der Waals surface area contributed by atoms with Gasteiger partial charge in [0.25, 0.3) is 0 Å². The molecule has 0 aliphatic carbocycles. The summed E-state index contributed by atoms with van der Waals surface area (Å²) in [6.45, 7) is 2.84. The van der Waals surface area contributed by atoms with Crippen molar-refractivity contribution in [3.63, 3.8) is 0 Å². The highest BCUT2D eigenvalue weighted by molar-refractivity contribution is 5.51. The minimum Gasteiger partial charge on any atom is -0.421 e. The molecule has 2 aromatic rings. The molecule has 0 spiro atoms. The summed E-state index contributed by atoms with van der Waals surface area (Å²) in [7, 11) is 4.12. The molecule has 1 aromatic carbocycles. The van der Waals surface area contributed by atoms with E-state index in [1.54, 1.807) is 0 Å². The molecule has 5 heteroatoms. The van der Waals surface area contributed by atoms with Crippen molar-refractivity contribution in [3.05, 3.63) is 36.2 Å². The van der Waals surface area contributed by atoms with Gasteiger partial charge in [-0.25, -0.2) is 0 Å². The molecule has 0 atom stereocenters. The van der Waals surface area contributed by atoms with Crippen LogP contribution in [-0.4, -0.2) is 48.8 Å². The number of rotatable bonds is 7. The zero-order valence-corrected chi connectivity index (χ0v) is 11.5. The highest BCUT2D eigenvalue weighted by Gasteiger charge is 2.07. The zero-order chi connectivity index (χ0) is 13.5. The van der Waals surface area contributed by atoms with E-state index < -0.39 is 0 Å². The first-order valence-corrected chi connectivity index (χ1v) is 6.49. The van der Waals surface area contributed by atoms with Gasteiger partial charge in [-0.1, -0.05) is 18.2 Å². The van der Waals surface area contributed by atoms with E-state index in [1.165, 1.54) is 0 Å². The lowest BCUT2D eigenvalue weighted by Gasteiger charge is -2.09. The maximum atomic E-state index is 5.62. The van der Waals surface area contributed by atoms with Gasteiger partial charge in [-0.05, 0) is 26.2 Å². The third kappa shape index (κ3) is 4.46. The second-order valence-electron chi connectivity index (χ2n) is 4.67. The van der Waals surface area contributed by atoms with Crippen LogP contribution in [0.1, 0.15) is 5.89 Å². The van der Waals surface area contributed by atoms with Crippen LogP contribution in [0.15, 0.2) is 34.7 Å². The average molecular weight is 260 g/mol. The van der Waals surface area contributed by atoms with E-state index in [-0.39, 0.29) is 0 Å². The van der Waals surface area contributed by atoms with Gasteiger partial charge in [0.1, 0.15) is 0 Å². The smallest absolute Gasteiger partial charge is 0.247 e. The first kappa shape index (κ1) is 13.7. The molecule has 0 fully saturated rings. The lowest BCUT2D eigenvalue weighted by molar-refractivity contribution is 0.398. The Morgan fingerprint density at radius 2 is 1.89 bits per heavy atom. The van der Waals surface area contributed by atoms with E-state index in [2.05, 4.69) is 34.5 Å². The first-order chi connectivity index (χ1) is 9.25. The quantitative estimate of drug-likeness (QED) is 0.763. The largest absolute Gasteiger partial charge is 0.421 e. The fourth-order valence-electron chi connectivity index (χ4n) is 1.68. The monoisotopic (exact) mass is 260 g/mol. The van der Waals surface area contributed by atoms with Crippen molar-refractivity contribution in [3.8, 4) is 11.5 Å². The molecule has 1 aromatic heterocycles. The van der Waals surface area contributed by atoms with Crippen LogP contribution in [0.25, 0.3) is 11.5 Å². The van der Waals surface area contributed by atoms with Gasteiger partial charge in [-0.3, -0.25) is 0 Å². The molecule has 2 rings (SSSR count). The predicted molar refractivity (Wildman–Crippen MR) is 74.9 cm³/mol. The fourth-order valence-corrected chi connectivity index (χ4v) is 1.68. The average Bonchev–Trinajstić information content (AvgIpc) is 2.88. The van der Waals surface area contributed by atoms with Gasteiger partial charge in [0, 0.05) is 31.6 Å². The molecule has 0 aliphatic heterocycles. The van der Waals surface area contributed by atoms with E-state index >= 15 is 0 Å². The van der Waals surface area contributed by atoms with Crippen LogP contribution in [-0.2, 0) is 6.42 Å². The Labute approximate surface area is 113 Å². The zero-order valence-electron chi connectivity index (χ0n) is 11.5. The number of hydrogen-bond acceptors (Lipinski definition) is 5. The first-order valence-electron chi connectivity index (χ1n) is 6.49. The molecule has 0 radical (unpaired) electrons. The van der Waals surface area contributed by atoms with Crippen molar-refractivity contribution in [2.75, 3.05) is 33.7 Å². The Balaban J connectivity index is 1.78. The minimum atomic E-state index is 0.587. The number of likely N-dealkylation sites (N-methyl/N-ethyl adjacent to an activating group) is 1. The van der Waals surface area contributed by atoms with Crippen molar-refractivity contribution in [1.29, 1.82) is 0 Å². The van der Waals surface area contributed by atoms with Gasteiger partial charge in [0.05, 0.1) is 0 Å². The summed E-state index contributed by atoms with van der Waals surface area (Å²) in [5.41, 5.74) is 0.960. The third-order valence-electron chi connectivity index (χ3n) is 2.74. The van der Waals surface area contributed by atoms with Crippen molar-refractivity contribution >= 4 is 0 Å². The molecule has 0 aliphatic rings. The van der Waals surface area contributed by atoms with E-state index in [1.807, 2.05) is 30.3 Å². The second kappa shape index (κ2) is 7.01. The van der Waals surface area contributed by atoms with E-state index in [0.29, 0.717) is 11.8 Å². The highest BCUT2D eigenvalue weighted by Crippen LogP contribution is 2.16. The van der Waals surface area contributed by atoms with Crippen LogP contribution < -0.4 is 5.32 Å². The molecule has 0 bridgehead atoms. The normalized spacial score (nSPS) is 11.1. The second-order valence-corrected chi connectivity index (χ2v) is 4.67. The predicted octanol–water partition coefficient (Wildman–Crippen LogP) is 1.43. The number of hydrogen-bond donors (Lipinski definition) is 1. The van der Waals surface area contributed by atoms with Crippen LogP contribution >= 0.6 is 0 Å². The van der Waals surface area contributed by atoms with Crippen molar-refractivity contribution in [2.45, 2.75) is 6.42 Å². The maximum Gasteiger partial charge on any atom is 0.247 e. The summed E-state index contributed by atoms with van der Waals surface area (Å²) in [4.78, 5) is 2.15. The summed E-state index contributed by atoms with van der Waals surface area (Å²) in [6, 6.07) is 9.82. The number of nitrogens with one attached hydrogen (secondary N) is 1. The Morgan fingerprint density at radius 1 is 1.11 bits per heavy atom. The lowest BCUT2D eigenvalue weighted by atomic mass is 10.2. The van der Waals surface area contributed by atoms with Crippen molar-refractivity contribution < 1.29 is 4.42 Å². The van der Waals surface area contributed by atoms with E-state index in [4.69, 9.17) is 4.42 Å². The molecule has 0 unspecified atom stereocenters. The molecular formula is C14H20N4O. The van der Waals surface area contributed by atoms with Gasteiger partial charge in [-0.15, -0.1) is 10.2 Å². The Kier molecular flexibility index (Phi) is 5.06. The molecule has 19 heavy (non-hydrogen) atoms. The van der Waals surface area contributed by atoms with Crippen molar-refractivity contribution in [1.82, 2.24) is 20.4 Å². The van der Waals surface area contributed by atoms with Crippen LogP contribution in [0.2, 0.25) is 0 Å². The number of aromatic nitrogens is 2. The van der Waals surface area contributed by atoms with Crippen LogP contribution in [0.4, 0.5) is 0 Å². The lowest BCUT2D eigenvalue weighted by Crippen LogP contribution is -2.27. The van der Waals surface area contributed by atoms with Crippen LogP contribution in [0.3, 0.4) is 0 Å². The van der Waals surface area contributed by atoms with Crippen LogP contribution in [0, 0.1) is 0 Å². The Morgan fingerprint density at radius 3 is 2.63 bits per heavy atom. The Hall–Kier alpha value is -1.72. The fraction of sp³-hybridized carbons (Fsp3) is 0.429. The molecule has 1 heterocycles. The molecule has 102 valence electrons. The summed E-state index contributed by atoms with van der Waals surface area (Å²) < 4.78 is 5.62. The van der Waals surface area contributed by atoms with Gasteiger partial charge in [0.2, 0.25) is 11.8 Å². The van der Waals surface area contributed by atoms with Gasteiger partial charge in [0.15, 0.2) is 0 Å². The molecule has 0 saturated heterocycles. The minimum absolute atomic E-state index is 0.587. The molecule has 0 amide bonds. The molecular weight excluding hydrogens is 240 g/mol. The number of benzene rings is 1. The Bertz CT molecular complexity index is 481. The topological polar surface area (TPSA) is 54.2 Å². The van der Waals surface area contributed by atoms with Crippen molar-refractivity contribution in [2.24, 2.45) is 0 Å². The van der Waals surface area contributed by atoms with Crippen LogP contribution in [0.5, 0.6) is 0 Å². The van der Waals surface area contributed by atoms with Gasteiger partial charge in [-0.2, -0.15) is 0 Å². The summed E-state index contributed by atoms with van der Waals surface area (Å²) >= 11 is 0. The molecule has 5 nitrogen and oxygen atoms in total. The summed E-state index contributed by atoms with van der Waals surface area (Å²) in [6.07, 6.45) is 0.757. The SMILES string of the molecule is CN(C)CCNCCc1nnc(-c2ccccc2)o1.